The number of ether oxygens (including phenoxy) is 1. The third-order valence-electron chi connectivity index (χ3n) is 2.60. The van der Waals surface area contributed by atoms with Crippen molar-refractivity contribution in [1.29, 1.82) is 0 Å². The lowest BCUT2D eigenvalue weighted by atomic mass is 9.83. The molecule has 0 aliphatic carbocycles. The first-order chi connectivity index (χ1) is 6.44. The third-order valence-corrected chi connectivity index (χ3v) is 2.60. The SMILES string of the molecule is CC.CCC(C)(C)C(C)NC(=O)OC. The van der Waals surface area contributed by atoms with Gasteiger partial charge in [0.1, 0.15) is 0 Å². The molecule has 0 saturated heterocycles. The maximum absolute atomic E-state index is 10.9. The summed E-state index contributed by atoms with van der Waals surface area (Å²) in [4.78, 5) is 10.9. The molecular weight excluding hydrogens is 178 g/mol. The van der Waals surface area contributed by atoms with Crippen LogP contribution in [0.25, 0.3) is 0 Å². The van der Waals surface area contributed by atoms with E-state index >= 15 is 0 Å². The molecule has 1 amide bonds. The Bertz CT molecular complexity index is 155. The predicted molar refractivity (Wildman–Crippen MR) is 60.4 cm³/mol. The van der Waals surface area contributed by atoms with Crippen LogP contribution in [0, 0.1) is 5.41 Å². The largest absolute Gasteiger partial charge is 0.453 e. The quantitative estimate of drug-likeness (QED) is 0.765. The highest BCUT2D eigenvalue weighted by Gasteiger charge is 2.25. The monoisotopic (exact) mass is 203 g/mol. The second kappa shape index (κ2) is 7.65. The number of hydrogen-bond acceptors (Lipinski definition) is 2. The van der Waals surface area contributed by atoms with Crippen molar-refractivity contribution in [2.45, 2.75) is 54.0 Å². The summed E-state index contributed by atoms with van der Waals surface area (Å²) in [6.45, 7) is 12.3. The molecule has 0 spiro atoms. The minimum absolute atomic E-state index is 0.119. The Labute approximate surface area is 88.2 Å². The maximum atomic E-state index is 10.9. The fourth-order valence-electron chi connectivity index (χ4n) is 0.737. The Morgan fingerprint density at radius 2 is 1.86 bits per heavy atom. The van der Waals surface area contributed by atoms with Gasteiger partial charge in [-0.05, 0) is 18.8 Å². The molecule has 0 bridgehead atoms. The molecule has 1 atom stereocenters. The highest BCUT2D eigenvalue weighted by Crippen LogP contribution is 2.24. The first-order valence-corrected chi connectivity index (χ1v) is 5.28. The number of alkyl carbamates (subject to hydrolysis) is 1. The molecule has 0 heterocycles. The van der Waals surface area contributed by atoms with E-state index in [1.54, 1.807) is 0 Å². The Balaban J connectivity index is 0. The number of carbonyl (C=O) groups is 1. The number of carbonyl (C=O) groups excluding carboxylic acids is 1. The second-order valence-electron chi connectivity index (χ2n) is 3.70. The van der Waals surface area contributed by atoms with Crippen molar-refractivity contribution in [2.24, 2.45) is 5.41 Å². The van der Waals surface area contributed by atoms with Crippen LogP contribution in [0.1, 0.15) is 48.0 Å². The van der Waals surface area contributed by atoms with E-state index in [1.807, 2.05) is 20.8 Å². The van der Waals surface area contributed by atoms with Crippen molar-refractivity contribution in [2.75, 3.05) is 7.11 Å². The molecule has 0 aromatic rings. The van der Waals surface area contributed by atoms with Crippen LogP contribution in [-0.2, 0) is 4.74 Å². The van der Waals surface area contributed by atoms with E-state index in [0.29, 0.717) is 0 Å². The molecule has 86 valence electrons. The van der Waals surface area contributed by atoms with E-state index < -0.39 is 0 Å². The van der Waals surface area contributed by atoms with Gasteiger partial charge in [0.05, 0.1) is 7.11 Å². The molecule has 0 aliphatic heterocycles. The summed E-state index contributed by atoms with van der Waals surface area (Å²) in [5.41, 5.74) is 0.119. The number of amides is 1. The van der Waals surface area contributed by atoms with Crippen LogP contribution >= 0.6 is 0 Å². The highest BCUT2D eigenvalue weighted by atomic mass is 16.5. The maximum Gasteiger partial charge on any atom is 0.407 e. The van der Waals surface area contributed by atoms with Crippen LogP contribution in [0.3, 0.4) is 0 Å². The Kier molecular flexibility index (Phi) is 8.60. The van der Waals surface area contributed by atoms with Crippen molar-refractivity contribution >= 4 is 6.09 Å². The molecule has 14 heavy (non-hydrogen) atoms. The topological polar surface area (TPSA) is 38.3 Å². The predicted octanol–water partition coefficient (Wildman–Crippen LogP) is 3.19. The van der Waals surface area contributed by atoms with Gasteiger partial charge in [-0.3, -0.25) is 0 Å². The van der Waals surface area contributed by atoms with E-state index in [2.05, 4.69) is 30.8 Å². The summed E-state index contributed by atoms with van der Waals surface area (Å²) in [5, 5.41) is 2.76. The second-order valence-corrected chi connectivity index (χ2v) is 3.70. The van der Waals surface area contributed by atoms with Crippen LogP contribution in [0.2, 0.25) is 0 Å². The third kappa shape index (κ3) is 5.84. The summed E-state index contributed by atoms with van der Waals surface area (Å²) in [7, 11) is 1.38. The van der Waals surface area contributed by atoms with Crippen LogP contribution in [0.5, 0.6) is 0 Å². The van der Waals surface area contributed by atoms with E-state index in [-0.39, 0.29) is 17.6 Å². The molecule has 0 aliphatic rings. The summed E-state index contributed by atoms with van der Waals surface area (Å²) >= 11 is 0. The van der Waals surface area contributed by atoms with Gasteiger partial charge in [0, 0.05) is 6.04 Å². The van der Waals surface area contributed by atoms with Crippen molar-refractivity contribution in [3.8, 4) is 0 Å². The van der Waals surface area contributed by atoms with E-state index in [9.17, 15) is 4.79 Å². The lowest BCUT2D eigenvalue weighted by molar-refractivity contribution is 0.152. The molecule has 0 radical (unpaired) electrons. The Morgan fingerprint density at radius 1 is 1.43 bits per heavy atom. The van der Waals surface area contributed by atoms with Gasteiger partial charge in [0.15, 0.2) is 0 Å². The van der Waals surface area contributed by atoms with Gasteiger partial charge in [0.2, 0.25) is 0 Å². The van der Waals surface area contributed by atoms with Crippen LogP contribution in [0.15, 0.2) is 0 Å². The summed E-state index contributed by atoms with van der Waals surface area (Å²) in [6.07, 6.45) is 0.669. The van der Waals surface area contributed by atoms with Crippen LogP contribution in [-0.4, -0.2) is 19.2 Å². The van der Waals surface area contributed by atoms with Crippen LogP contribution in [0.4, 0.5) is 4.79 Å². The molecule has 0 saturated carbocycles. The number of rotatable bonds is 3. The molecule has 0 aromatic carbocycles. The number of hydrogen-bond donors (Lipinski definition) is 1. The molecular formula is C11H25NO2. The molecule has 0 aromatic heterocycles. The summed E-state index contributed by atoms with van der Waals surface area (Å²) in [6, 6.07) is 0.134. The van der Waals surface area contributed by atoms with E-state index in [4.69, 9.17) is 0 Å². The zero-order valence-corrected chi connectivity index (χ0v) is 10.6. The van der Waals surface area contributed by atoms with Gasteiger partial charge in [0.25, 0.3) is 0 Å². The van der Waals surface area contributed by atoms with E-state index in [0.717, 1.165) is 6.42 Å². The molecule has 0 fully saturated rings. The van der Waals surface area contributed by atoms with Crippen molar-refractivity contribution in [3.05, 3.63) is 0 Å². The minimum atomic E-state index is -0.357. The average Bonchev–Trinajstić information content (AvgIpc) is 2.20. The van der Waals surface area contributed by atoms with Gasteiger partial charge in [-0.1, -0.05) is 34.6 Å². The average molecular weight is 203 g/mol. The molecule has 0 rings (SSSR count). The Hall–Kier alpha value is -0.730. The fraction of sp³-hybridized carbons (Fsp3) is 0.909. The van der Waals surface area contributed by atoms with Gasteiger partial charge < -0.3 is 10.1 Å². The molecule has 3 nitrogen and oxygen atoms in total. The molecule has 3 heteroatoms. The zero-order chi connectivity index (χ0) is 11.8. The highest BCUT2D eigenvalue weighted by molar-refractivity contribution is 5.67. The van der Waals surface area contributed by atoms with Crippen molar-refractivity contribution < 1.29 is 9.53 Å². The minimum Gasteiger partial charge on any atom is -0.453 e. The number of nitrogens with one attached hydrogen (secondary N) is 1. The van der Waals surface area contributed by atoms with E-state index in [1.165, 1.54) is 7.11 Å². The summed E-state index contributed by atoms with van der Waals surface area (Å²) < 4.78 is 4.51. The normalized spacial score (nSPS) is 12.2. The van der Waals surface area contributed by atoms with Gasteiger partial charge >= 0.3 is 6.09 Å². The molecule has 1 N–H and O–H groups in total. The molecule has 1 unspecified atom stereocenters. The first-order valence-electron chi connectivity index (χ1n) is 5.28. The lowest BCUT2D eigenvalue weighted by Gasteiger charge is -2.30. The van der Waals surface area contributed by atoms with Crippen LogP contribution < -0.4 is 5.32 Å². The van der Waals surface area contributed by atoms with Crippen molar-refractivity contribution in [1.82, 2.24) is 5.32 Å². The first kappa shape index (κ1) is 15.7. The number of methoxy groups -OCH3 is 1. The lowest BCUT2D eigenvalue weighted by Crippen LogP contribution is -2.42. The van der Waals surface area contributed by atoms with Gasteiger partial charge in [-0.25, -0.2) is 4.79 Å². The fourth-order valence-corrected chi connectivity index (χ4v) is 0.737. The van der Waals surface area contributed by atoms with Crippen molar-refractivity contribution in [3.63, 3.8) is 0 Å². The zero-order valence-electron chi connectivity index (χ0n) is 10.6. The summed E-state index contributed by atoms with van der Waals surface area (Å²) in [5.74, 6) is 0. The van der Waals surface area contributed by atoms with Gasteiger partial charge in [-0.2, -0.15) is 0 Å². The standard InChI is InChI=1S/C9H19NO2.C2H6/c1-6-9(3,4)7(2)10-8(11)12-5;1-2/h7H,6H2,1-5H3,(H,10,11);1-2H3. The smallest absolute Gasteiger partial charge is 0.407 e. The van der Waals surface area contributed by atoms with Gasteiger partial charge in [-0.15, -0.1) is 0 Å². The Morgan fingerprint density at radius 3 is 2.14 bits per heavy atom.